The van der Waals surface area contributed by atoms with E-state index >= 15 is 0 Å². The molecule has 0 unspecified atom stereocenters. The third-order valence-electron chi connectivity index (χ3n) is 1.15. The minimum atomic E-state index is -3.35. The van der Waals surface area contributed by atoms with Crippen molar-refractivity contribution in [1.82, 2.24) is 4.90 Å². The maximum atomic E-state index is 11.0. The zero-order chi connectivity index (χ0) is 9.61. The summed E-state index contributed by atoms with van der Waals surface area (Å²) in [6.07, 6.45) is 1.41. The number of hydrogen-bond acceptors (Lipinski definition) is 4. The fourth-order valence-electron chi connectivity index (χ4n) is 0.505. The van der Waals surface area contributed by atoms with Crippen LogP contribution in [0.4, 0.5) is 0 Å². The maximum absolute atomic E-state index is 11.0. The molecule has 0 spiro atoms. The van der Waals surface area contributed by atoms with Crippen LogP contribution in [-0.2, 0) is 14.3 Å². The van der Waals surface area contributed by atoms with E-state index in [-0.39, 0.29) is 12.4 Å². The predicted octanol–water partition coefficient (Wildman–Crippen LogP) is 0.0804. The molecule has 0 saturated heterocycles. The summed E-state index contributed by atoms with van der Waals surface area (Å²) in [6, 6.07) is 0. The Morgan fingerprint density at radius 2 is 2.08 bits per heavy atom. The van der Waals surface area contributed by atoms with Gasteiger partial charge in [-0.25, -0.2) is 0 Å². The molecule has 0 aromatic carbocycles. The summed E-state index contributed by atoms with van der Waals surface area (Å²) in [4.78, 5) is 1.79. The molecule has 5 heteroatoms. The molecule has 0 aliphatic rings. The lowest BCUT2D eigenvalue weighted by Gasteiger charge is -2.08. The van der Waals surface area contributed by atoms with E-state index in [1.54, 1.807) is 4.90 Å². The van der Waals surface area contributed by atoms with Crippen LogP contribution in [0.2, 0.25) is 0 Å². The van der Waals surface area contributed by atoms with Crippen LogP contribution in [0.1, 0.15) is 0 Å². The summed E-state index contributed by atoms with van der Waals surface area (Å²) in [6.45, 7) is 3.88. The molecule has 72 valence electrons. The van der Waals surface area contributed by atoms with Crippen molar-refractivity contribution in [3.8, 4) is 0 Å². The van der Waals surface area contributed by atoms with Crippen LogP contribution < -0.4 is 0 Å². The van der Waals surface area contributed by atoms with Gasteiger partial charge >= 0.3 is 0 Å². The highest BCUT2D eigenvalue weighted by Crippen LogP contribution is 1.93. The molecule has 12 heavy (non-hydrogen) atoms. The topological polar surface area (TPSA) is 46.6 Å². The number of hydrogen-bond donors (Lipinski definition) is 0. The molecule has 0 rings (SSSR count). The van der Waals surface area contributed by atoms with Gasteiger partial charge in [0.2, 0.25) is 0 Å². The van der Waals surface area contributed by atoms with Gasteiger partial charge in [-0.2, -0.15) is 8.42 Å². The van der Waals surface area contributed by atoms with E-state index in [0.29, 0.717) is 6.54 Å². The summed E-state index contributed by atoms with van der Waals surface area (Å²) >= 11 is 0. The molecular formula is C7H15NO3S. The summed E-state index contributed by atoms with van der Waals surface area (Å²) in [7, 11) is 0.265. The molecule has 0 fully saturated rings. The van der Waals surface area contributed by atoms with Gasteiger partial charge in [0.15, 0.2) is 0 Å². The Kier molecular flexibility index (Phi) is 5.12. The summed E-state index contributed by atoms with van der Waals surface area (Å²) in [5.41, 5.74) is 0. The molecule has 0 aromatic heterocycles. The van der Waals surface area contributed by atoms with Gasteiger partial charge in [-0.3, -0.25) is 4.18 Å². The molecular weight excluding hydrogens is 178 g/mol. The smallest absolute Gasteiger partial charge is 0.268 e. The zero-order valence-corrected chi connectivity index (χ0v) is 8.30. The third kappa shape index (κ3) is 6.33. The van der Waals surface area contributed by atoms with Gasteiger partial charge in [-0.05, 0) is 14.1 Å². The number of nitrogens with zero attached hydrogens (tertiary/aromatic N) is 1. The van der Waals surface area contributed by atoms with Gasteiger partial charge in [-0.1, -0.05) is 6.08 Å². The second-order valence-electron chi connectivity index (χ2n) is 2.64. The highest BCUT2D eigenvalue weighted by Gasteiger charge is 2.09. The highest BCUT2D eigenvalue weighted by atomic mass is 32.2. The van der Waals surface area contributed by atoms with Gasteiger partial charge < -0.3 is 4.90 Å². The lowest BCUT2D eigenvalue weighted by molar-refractivity contribution is 0.348. The van der Waals surface area contributed by atoms with Crippen LogP contribution in [0.3, 0.4) is 0 Å². The van der Waals surface area contributed by atoms with E-state index in [4.69, 9.17) is 0 Å². The monoisotopic (exact) mass is 193 g/mol. The summed E-state index contributed by atoms with van der Waals surface area (Å²) in [5.74, 6) is 0.0217. The molecule has 0 heterocycles. The fourth-order valence-corrected chi connectivity index (χ4v) is 1.52. The van der Waals surface area contributed by atoms with Crippen molar-refractivity contribution in [3.05, 3.63) is 12.7 Å². The molecule has 0 aromatic rings. The lowest BCUT2D eigenvalue weighted by Crippen LogP contribution is -2.23. The Bertz CT molecular complexity index is 221. The standard InChI is InChI=1S/C7H15NO3S/c1-4-6-11-12(9,10)7-5-8(2)3/h4H,1,5-7H2,2-3H3. The van der Waals surface area contributed by atoms with E-state index in [1.165, 1.54) is 6.08 Å². The first-order chi connectivity index (χ1) is 5.48. The highest BCUT2D eigenvalue weighted by molar-refractivity contribution is 7.86. The molecule has 0 aliphatic heterocycles. The quantitative estimate of drug-likeness (QED) is 0.443. The second-order valence-corrected chi connectivity index (χ2v) is 4.40. The minimum Gasteiger partial charge on any atom is -0.308 e. The summed E-state index contributed by atoms with van der Waals surface area (Å²) < 4.78 is 26.6. The van der Waals surface area contributed by atoms with Crippen molar-refractivity contribution in [2.24, 2.45) is 0 Å². The first kappa shape index (κ1) is 11.6. The van der Waals surface area contributed by atoms with Crippen molar-refractivity contribution in [3.63, 3.8) is 0 Å². The van der Waals surface area contributed by atoms with Gasteiger partial charge in [0, 0.05) is 6.54 Å². The number of rotatable bonds is 6. The Hall–Kier alpha value is -0.390. The average Bonchev–Trinajstić information content (AvgIpc) is 1.98. The van der Waals surface area contributed by atoms with Crippen molar-refractivity contribution >= 4 is 10.1 Å². The van der Waals surface area contributed by atoms with Crippen molar-refractivity contribution < 1.29 is 12.6 Å². The fraction of sp³-hybridized carbons (Fsp3) is 0.714. The van der Waals surface area contributed by atoms with E-state index in [2.05, 4.69) is 10.8 Å². The van der Waals surface area contributed by atoms with E-state index < -0.39 is 10.1 Å². The van der Waals surface area contributed by atoms with Crippen LogP contribution >= 0.6 is 0 Å². The Morgan fingerprint density at radius 1 is 1.50 bits per heavy atom. The zero-order valence-electron chi connectivity index (χ0n) is 7.49. The molecule has 0 N–H and O–H groups in total. The third-order valence-corrected chi connectivity index (χ3v) is 2.33. The van der Waals surface area contributed by atoms with Crippen molar-refractivity contribution in [1.29, 1.82) is 0 Å². The summed E-state index contributed by atoms with van der Waals surface area (Å²) in [5, 5.41) is 0. The minimum absolute atomic E-state index is 0.0217. The largest absolute Gasteiger partial charge is 0.308 e. The molecule has 0 radical (unpaired) electrons. The molecule has 0 amide bonds. The van der Waals surface area contributed by atoms with E-state index in [1.807, 2.05) is 14.1 Å². The molecule has 0 atom stereocenters. The maximum Gasteiger partial charge on any atom is 0.268 e. The Labute approximate surface area is 73.9 Å². The SMILES string of the molecule is C=CCOS(=O)(=O)CCN(C)C. The first-order valence-electron chi connectivity index (χ1n) is 3.60. The van der Waals surface area contributed by atoms with Gasteiger partial charge in [0.1, 0.15) is 0 Å². The van der Waals surface area contributed by atoms with Gasteiger partial charge in [0.25, 0.3) is 10.1 Å². The molecule has 0 saturated carbocycles. The predicted molar refractivity (Wildman–Crippen MR) is 48.5 cm³/mol. The van der Waals surface area contributed by atoms with Crippen molar-refractivity contribution in [2.75, 3.05) is 33.0 Å². The average molecular weight is 193 g/mol. The lowest BCUT2D eigenvalue weighted by atomic mass is 10.7. The normalized spacial score (nSPS) is 11.9. The molecule has 0 aliphatic carbocycles. The van der Waals surface area contributed by atoms with Gasteiger partial charge in [-0.15, -0.1) is 6.58 Å². The first-order valence-corrected chi connectivity index (χ1v) is 5.18. The Morgan fingerprint density at radius 3 is 2.50 bits per heavy atom. The van der Waals surface area contributed by atoms with Crippen molar-refractivity contribution in [2.45, 2.75) is 0 Å². The Balaban J connectivity index is 3.80. The molecule has 4 nitrogen and oxygen atoms in total. The van der Waals surface area contributed by atoms with Crippen LogP contribution in [-0.4, -0.2) is 46.3 Å². The van der Waals surface area contributed by atoms with Crippen LogP contribution in [0, 0.1) is 0 Å². The van der Waals surface area contributed by atoms with Crippen LogP contribution in [0.15, 0.2) is 12.7 Å². The second kappa shape index (κ2) is 5.29. The van der Waals surface area contributed by atoms with E-state index in [0.717, 1.165) is 0 Å². The van der Waals surface area contributed by atoms with Crippen LogP contribution in [0.5, 0.6) is 0 Å². The van der Waals surface area contributed by atoms with E-state index in [9.17, 15) is 8.42 Å². The van der Waals surface area contributed by atoms with Gasteiger partial charge in [0.05, 0.1) is 12.4 Å². The van der Waals surface area contributed by atoms with Crippen LogP contribution in [0.25, 0.3) is 0 Å². The molecule has 0 bridgehead atoms.